The average molecular weight is 355 g/mol. The van der Waals surface area contributed by atoms with E-state index < -0.39 is 10.0 Å². The van der Waals surface area contributed by atoms with Crippen LogP contribution in [0.5, 0.6) is 0 Å². The van der Waals surface area contributed by atoms with Crippen LogP contribution in [0.25, 0.3) is 0 Å². The van der Waals surface area contributed by atoms with E-state index in [1.54, 1.807) is 0 Å². The number of benzene rings is 1. The Morgan fingerprint density at radius 3 is 2.62 bits per heavy atom. The molecule has 1 rings (SSSR count). The third kappa shape index (κ3) is 5.39. The topological polar surface area (TPSA) is 81.4 Å². The smallest absolute Gasteiger partial charge is 0.242 e. The molecule has 0 atom stereocenters. The highest BCUT2D eigenvalue weighted by Crippen LogP contribution is 2.30. The SMILES string of the molecule is CCCOCCCNS(=O)(=O)c1ccc(Cl)c(CN)c1Cl. The number of ether oxygens (including phenoxy) is 1. The first-order valence-corrected chi connectivity index (χ1v) is 8.92. The van der Waals surface area contributed by atoms with Gasteiger partial charge < -0.3 is 10.5 Å². The lowest BCUT2D eigenvalue weighted by molar-refractivity contribution is 0.133. The quantitative estimate of drug-likeness (QED) is 0.667. The molecule has 0 radical (unpaired) electrons. The van der Waals surface area contributed by atoms with Crippen LogP contribution in [0.1, 0.15) is 25.3 Å². The van der Waals surface area contributed by atoms with Gasteiger partial charge >= 0.3 is 0 Å². The Bertz CT molecular complexity index is 565. The zero-order chi connectivity index (χ0) is 15.9. The van der Waals surface area contributed by atoms with Crippen molar-refractivity contribution in [2.24, 2.45) is 5.73 Å². The molecule has 0 saturated carbocycles. The van der Waals surface area contributed by atoms with Gasteiger partial charge in [0.15, 0.2) is 0 Å². The van der Waals surface area contributed by atoms with E-state index in [0.29, 0.717) is 30.2 Å². The summed E-state index contributed by atoms with van der Waals surface area (Å²) < 4.78 is 32.2. The van der Waals surface area contributed by atoms with Crippen LogP contribution in [0.15, 0.2) is 17.0 Å². The zero-order valence-electron chi connectivity index (χ0n) is 11.9. The standard InChI is InChI=1S/C13H20Cl2N2O3S/c1-2-7-20-8-3-6-17-21(18,19)12-5-4-11(14)10(9-16)13(12)15/h4-5,17H,2-3,6-9,16H2,1H3. The second-order valence-electron chi connectivity index (χ2n) is 4.41. The Hall–Kier alpha value is -0.370. The summed E-state index contributed by atoms with van der Waals surface area (Å²) >= 11 is 12.0. The summed E-state index contributed by atoms with van der Waals surface area (Å²) in [6, 6.07) is 2.86. The Balaban J connectivity index is 2.71. The van der Waals surface area contributed by atoms with Crippen molar-refractivity contribution in [2.45, 2.75) is 31.2 Å². The molecule has 0 heterocycles. The summed E-state index contributed by atoms with van der Waals surface area (Å²) in [5.41, 5.74) is 5.95. The van der Waals surface area contributed by atoms with Gasteiger partial charge in [0.2, 0.25) is 10.0 Å². The van der Waals surface area contributed by atoms with Crippen LogP contribution in [-0.4, -0.2) is 28.2 Å². The predicted molar refractivity (Wildman–Crippen MR) is 85.3 cm³/mol. The Morgan fingerprint density at radius 1 is 1.29 bits per heavy atom. The molecule has 0 spiro atoms. The lowest BCUT2D eigenvalue weighted by Gasteiger charge is -2.12. The number of hydrogen-bond acceptors (Lipinski definition) is 4. The fourth-order valence-electron chi connectivity index (χ4n) is 1.68. The van der Waals surface area contributed by atoms with Gasteiger partial charge in [0, 0.05) is 36.9 Å². The molecule has 5 nitrogen and oxygen atoms in total. The second kappa shape index (κ2) is 8.92. The molecule has 0 aliphatic heterocycles. The van der Waals surface area contributed by atoms with Crippen LogP contribution < -0.4 is 10.5 Å². The van der Waals surface area contributed by atoms with E-state index in [4.69, 9.17) is 33.7 Å². The van der Waals surface area contributed by atoms with E-state index in [2.05, 4.69) is 4.72 Å². The molecule has 0 saturated heterocycles. The van der Waals surface area contributed by atoms with Gasteiger partial charge in [0.05, 0.1) is 5.02 Å². The first kappa shape index (κ1) is 18.7. The molecule has 120 valence electrons. The molecular weight excluding hydrogens is 335 g/mol. The van der Waals surface area contributed by atoms with Crippen molar-refractivity contribution < 1.29 is 13.2 Å². The Kier molecular flexibility index (Phi) is 7.94. The fourth-order valence-corrected chi connectivity index (χ4v) is 3.68. The molecule has 0 amide bonds. The van der Waals surface area contributed by atoms with Crippen LogP contribution in [0.2, 0.25) is 10.0 Å². The van der Waals surface area contributed by atoms with Gasteiger partial charge in [-0.25, -0.2) is 13.1 Å². The van der Waals surface area contributed by atoms with Crippen molar-refractivity contribution in [3.63, 3.8) is 0 Å². The molecule has 0 unspecified atom stereocenters. The van der Waals surface area contributed by atoms with Gasteiger partial charge in [-0.05, 0) is 25.0 Å². The number of rotatable bonds is 9. The first-order valence-electron chi connectivity index (χ1n) is 6.68. The van der Waals surface area contributed by atoms with Crippen molar-refractivity contribution in [2.75, 3.05) is 19.8 Å². The summed E-state index contributed by atoms with van der Waals surface area (Å²) in [5.74, 6) is 0. The molecule has 1 aromatic rings. The maximum absolute atomic E-state index is 12.2. The minimum absolute atomic E-state index is 0.0107. The molecule has 3 N–H and O–H groups in total. The number of hydrogen-bond donors (Lipinski definition) is 2. The molecule has 0 bridgehead atoms. The van der Waals surface area contributed by atoms with E-state index in [-0.39, 0.29) is 23.0 Å². The number of halogens is 2. The Morgan fingerprint density at radius 2 is 2.00 bits per heavy atom. The van der Waals surface area contributed by atoms with E-state index in [0.717, 1.165) is 6.42 Å². The third-order valence-electron chi connectivity index (χ3n) is 2.75. The molecule has 0 aromatic heterocycles. The molecule has 1 aromatic carbocycles. The largest absolute Gasteiger partial charge is 0.381 e. The highest BCUT2D eigenvalue weighted by Gasteiger charge is 2.20. The minimum Gasteiger partial charge on any atom is -0.381 e. The van der Waals surface area contributed by atoms with Crippen molar-refractivity contribution >= 4 is 33.2 Å². The lowest BCUT2D eigenvalue weighted by Crippen LogP contribution is -2.26. The third-order valence-corrected chi connectivity index (χ3v) is 5.15. The van der Waals surface area contributed by atoms with Crippen molar-refractivity contribution in [3.8, 4) is 0 Å². The van der Waals surface area contributed by atoms with Gasteiger partial charge in [0.1, 0.15) is 4.90 Å². The molecule has 8 heteroatoms. The van der Waals surface area contributed by atoms with Gasteiger partial charge in [0.25, 0.3) is 0 Å². The van der Waals surface area contributed by atoms with Gasteiger partial charge in [-0.1, -0.05) is 30.1 Å². The number of nitrogens with one attached hydrogen (secondary N) is 1. The van der Waals surface area contributed by atoms with Crippen molar-refractivity contribution in [3.05, 3.63) is 27.7 Å². The first-order chi connectivity index (χ1) is 9.94. The van der Waals surface area contributed by atoms with Crippen LogP contribution in [0, 0.1) is 0 Å². The molecule has 21 heavy (non-hydrogen) atoms. The van der Waals surface area contributed by atoms with E-state index in [1.807, 2.05) is 6.92 Å². The molecule has 0 aliphatic rings. The Labute approximate surface area is 135 Å². The van der Waals surface area contributed by atoms with Gasteiger partial charge in [-0.15, -0.1) is 0 Å². The summed E-state index contributed by atoms with van der Waals surface area (Å²) in [5, 5.41) is 0.425. The summed E-state index contributed by atoms with van der Waals surface area (Å²) in [7, 11) is -3.68. The summed E-state index contributed by atoms with van der Waals surface area (Å²) in [6.07, 6.45) is 1.53. The summed E-state index contributed by atoms with van der Waals surface area (Å²) in [4.78, 5) is -0.0107. The van der Waals surface area contributed by atoms with Crippen molar-refractivity contribution in [1.82, 2.24) is 4.72 Å². The second-order valence-corrected chi connectivity index (χ2v) is 6.93. The molecular formula is C13H20Cl2N2O3S. The number of nitrogens with two attached hydrogens (primary N) is 1. The molecule has 0 fully saturated rings. The maximum atomic E-state index is 12.2. The van der Waals surface area contributed by atoms with Crippen LogP contribution in [-0.2, 0) is 21.3 Å². The monoisotopic (exact) mass is 354 g/mol. The zero-order valence-corrected chi connectivity index (χ0v) is 14.2. The van der Waals surface area contributed by atoms with Crippen LogP contribution >= 0.6 is 23.2 Å². The average Bonchev–Trinajstić information content (AvgIpc) is 2.43. The van der Waals surface area contributed by atoms with E-state index in [9.17, 15) is 8.42 Å². The van der Waals surface area contributed by atoms with Gasteiger partial charge in [-0.2, -0.15) is 0 Å². The normalized spacial score (nSPS) is 11.8. The minimum atomic E-state index is -3.68. The fraction of sp³-hybridized carbons (Fsp3) is 0.538. The van der Waals surface area contributed by atoms with Crippen LogP contribution in [0.3, 0.4) is 0 Å². The highest BCUT2D eigenvalue weighted by molar-refractivity contribution is 7.89. The predicted octanol–water partition coefficient (Wildman–Crippen LogP) is 2.55. The highest BCUT2D eigenvalue weighted by atomic mass is 35.5. The maximum Gasteiger partial charge on any atom is 0.242 e. The van der Waals surface area contributed by atoms with Crippen molar-refractivity contribution in [1.29, 1.82) is 0 Å². The van der Waals surface area contributed by atoms with Gasteiger partial charge in [-0.3, -0.25) is 0 Å². The lowest BCUT2D eigenvalue weighted by atomic mass is 10.2. The number of sulfonamides is 1. The van der Waals surface area contributed by atoms with E-state index in [1.165, 1.54) is 12.1 Å². The van der Waals surface area contributed by atoms with Crippen LogP contribution in [0.4, 0.5) is 0 Å². The van der Waals surface area contributed by atoms with E-state index >= 15 is 0 Å². The molecule has 0 aliphatic carbocycles. The summed E-state index contributed by atoms with van der Waals surface area (Å²) in [6.45, 7) is 3.56.